The average molecular weight is 380 g/mol. The van der Waals surface area contributed by atoms with E-state index in [9.17, 15) is 18.0 Å². The van der Waals surface area contributed by atoms with Crippen molar-refractivity contribution in [2.24, 2.45) is 0 Å². The molecule has 0 aliphatic heterocycles. The van der Waals surface area contributed by atoms with Gasteiger partial charge in [-0.1, -0.05) is 12.1 Å². The Kier molecular flexibility index (Phi) is 7.24. The van der Waals surface area contributed by atoms with Crippen LogP contribution in [0.3, 0.4) is 0 Å². The predicted octanol–water partition coefficient (Wildman–Crippen LogP) is 4.86. The molecule has 0 saturated carbocycles. The number of hydrogen-bond acceptors (Lipinski definition) is 3. The first-order valence-corrected chi connectivity index (χ1v) is 8.72. The number of hydrogen-bond donors (Lipinski definition) is 1. The number of halogens is 3. The maximum absolute atomic E-state index is 12.3. The molecule has 27 heavy (non-hydrogen) atoms. The number of nitrogens with one attached hydrogen (secondary N) is 1. The van der Waals surface area contributed by atoms with Gasteiger partial charge in [0, 0.05) is 30.0 Å². The van der Waals surface area contributed by atoms with Gasteiger partial charge in [0.05, 0.1) is 6.61 Å². The molecule has 0 fully saturated rings. The lowest BCUT2D eigenvalue weighted by Gasteiger charge is -2.21. The van der Waals surface area contributed by atoms with Crippen molar-refractivity contribution in [3.05, 3.63) is 59.7 Å². The lowest BCUT2D eigenvalue weighted by molar-refractivity contribution is -0.176. The van der Waals surface area contributed by atoms with Crippen LogP contribution in [0.2, 0.25) is 0 Å². The number of carbonyl (C=O) groups is 1. The zero-order valence-corrected chi connectivity index (χ0v) is 15.3. The number of ether oxygens (including phenoxy) is 1. The Labute approximate surface area is 156 Å². The van der Waals surface area contributed by atoms with Crippen molar-refractivity contribution in [2.75, 3.05) is 29.9 Å². The van der Waals surface area contributed by atoms with Gasteiger partial charge in [-0.2, -0.15) is 13.2 Å². The molecule has 0 aromatic heterocycles. The summed E-state index contributed by atoms with van der Waals surface area (Å²) in [5.41, 5.74) is 2.75. The van der Waals surface area contributed by atoms with Gasteiger partial charge in [0.2, 0.25) is 0 Å². The fourth-order valence-corrected chi connectivity index (χ4v) is 2.58. The molecule has 0 aliphatic rings. The van der Waals surface area contributed by atoms with Crippen molar-refractivity contribution >= 4 is 17.3 Å². The summed E-state index contributed by atoms with van der Waals surface area (Å²) in [6.45, 7) is 4.52. The molecule has 2 aromatic rings. The fourth-order valence-electron chi connectivity index (χ4n) is 2.58. The van der Waals surface area contributed by atoms with Gasteiger partial charge >= 0.3 is 6.18 Å². The topological polar surface area (TPSA) is 41.6 Å². The number of nitrogens with zero attached hydrogens (tertiary/aromatic N) is 1. The smallest absolute Gasteiger partial charge is 0.372 e. The van der Waals surface area contributed by atoms with E-state index in [0.29, 0.717) is 16.8 Å². The molecule has 1 amide bonds. The molecule has 0 saturated heterocycles. The van der Waals surface area contributed by atoms with E-state index in [-0.39, 0.29) is 12.5 Å². The molecule has 2 aromatic carbocycles. The number of benzene rings is 2. The molecule has 7 heteroatoms. The van der Waals surface area contributed by atoms with Crippen LogP contribution in [0, 0.1) is 0 Å². The second-order valence-electron chi connectivity index (χ2n) is 5.98. The van der Waals surface area contributed by atoms with E-state index in [1.165, 1.54) is 0 Å². The molecule has 0 unspecified atom stereocenters. The SMILES string of the molecule is CCN(CC)c1ccc(NC(=O)c2ccc(COCC(F)(F)F)cc2)cc1. The Hall–Kier alpha value is -2.54. The van der Waals surface area contributed by atoms with Crippen LogP contribution >= 0.6 is 0 Å². The molecule has 0 radical (unpaired) electrons. The molecular weight excluding hydrogens is 357 g/mol. The molecule has 0 bridgehead atoms. The van der Waals surface area contributed by atoms with Crippen molar-refractivity contribution in [2.45, 2.75) is 26.6 Å². The first-order chi connectivity index (χ1) is 12.8. The zero-order valence-electron chi connectivity index (χ0n) is 15.3. The Morgan fingerprint density at radius 3 is 2.11 bits per heavy atom. The van der Waals surface area contributed by atoms with Gasteiger partial charge in [-0.3, -0.25) is 4.79 Å². The highest BCUT2D eigenvalue weighted by Gasteiger charge is 2.27. The van der Waals surface area contributed by atoms with Crippen molar-refractivity contribution in [1.82, 2.24) is 0 Å². The highest BCUT2D eigenvalue weighted by molar-refractivity contribution is 6.04. The monoisotopic (exact) mass is 380 g/mol. The largest absolute Gasteiger partial charge is 0.411 e. The minimum Gasteiger partial charge on any atom is -0.372 e. The third-order valence-electron chi connectivity index (χ3n) is 4.00. The molecule has 4 nitrogen and oxygen atoms in total. The number of carbonyl (C=O) groups excluding carboxylic acids is 1. The van der Waals surface area contributed by atoms with Gasteiger partial charge in [0.25, 0.3) is 5.91 Å². The summed E-state index contributed by atoms with van der Waals surface area (Å²) in [6, 6.07) is 13.9. The second kappa shape index (κ2) is 9.41. The number of alkyl halides is 3. The third-order valence-corrected chi connectivity index (χ3v) is 4.00. The normalized spacial score (nSPS) is 11.3. The lowest BCUT2D eigenvalue weighted by atomic mass is 10.1. The second-order valence-corrected chi connectivity index (χ2v) is 5.98. The van der Waals surface area contributed by atoms with E-state index in [1.807, 2.05) is 24.3 Å². The summed E-state index contributed by atoms with van der Waals surface area (Å²) in [7, 11) is 0. The van der Waals surface area contributed by atoms with Gasteiger partial charge in [-0.25, -0.2) is 0 Å². The van der Waals surface area contributed by atoms with Crippen LogP contribution in [0.15, 0.2) is 48.5 Å². The minimum absolute atomic E-state index is 0.159. The molecule has 1 N–H and O–H groups in total. The van der Waals surface area contributed by atoms with Crippen molar-refractivity contribution < 1.29 is 22.7 Å². The molecule has 0 spiro atoms. The standard InChI is InChI=1S/C20H23F3N2O2/c1-3-25(4-2)18-11-9-17(10-12-18)24-19(26)16-7-5-15(6-8-16)13-27-14-20(21,22)23/h5-12H,3-4,13-14H2,1-2H3,(H,24,26). The van der Waals surface area contributed by atoms with E-state index < -0.39 is 12.8 Å². The Bertz CT molecular complexity index is 724. The molecule has 0 atom stereocenters. The Morgan fingerprint density at radius 1 is 1.00 bits per heavy atom. The summed E-state index contributed by atoms with van der Waals surface area (Å²) in [6.07, 6.45) is -4.35. The number of rotatable bonds is 8. The molecule has 0 heterocycles. The van der Waals surface area contributed by atoms with Crippen LogP contribution in [0.1, 0.15) is 29.8 Å². The first-order valence-electron chi connectivity index (χ1n) is 8.72. The van der Waals surface area contributed by atoms with Gasteiger partial charge < -0.3 is 15.0 Å². The average Bonchev–Trinajstić information content (AvgIpc) is 2.63. The molecule has 2 rings (SSSR count). The number of amides is 1. The summed E-state index contributed by atoms with van der Waals surface area (Å²) in [5, 5.41) is 2.81. The van der Waals surface area contributed by atoms with E-state index in [1.54, 1.807) is 24.3 Å². The number of anilines is 2. The fraction of sp³-hybridized carbons (Fsp3) is 0.350. The quantitative estimate of drug-likeness (QED) is 0.711. The van der Waals surface area contributed by atoms with Crippen LogP contribution in [0.25, 0.3) is 0 Å². The van der Waals surface area contributed by atoms with Crippen LogP contribution in [-0.4, -0.2) is 31.8 Å². The van der Waals surface area contributed by atoms with Crippen molar-refractivity contribution in [3.63, 3.8) is 0 Å². The van der Waals surface area contributed by atoms with E-state index in [2.05, 4.69) is 28.8 Å². The van der Waals surface area contributed by atoms with E-state index in [4.69, 9.17) is 0 Å². The van der Waals surface area contributed by atoms with Crippen LogP contribution in [0.5, 0.6) is 0 Å². The molecule has 146 valence electrons. The third kappa shape index (κ3) is 6.60. The van der Waals surface area contributed by atoms with Crippen LogP contribution in [0.4, 0.5) is 24.5 Å². The highest BCUT2D eigenvalue weighted by atomic mass is 19.4. The van der Waals surface area contributed by atoms with Crippen molar-refractivity contribution in [3.8, 4) is 0 Å². The minimum atomic E-state index is -4.35. The van der Waals surface area contributed by atoms with Gasteiger partial charge in [0.1, 0.15) is 6.61 Å². The maximum Gasteiger partial charge on any atom is 0.411 e. The van der Waals surface area contributed by atoms with Crippen LogP contribution in [-0.2, 0) is 11.3 Å². The Balaban J connectivity index is 1.92. The maximum atomic E-state index is 12.3. The summed E-state index contributed by atoms with van der Waals surface area (Å²) in [5.74, 6) is -0.284. The summed E-state index contributed by atoms with van der Waals surface area (Å²) in [4.78, 5) is 14.5. The van der Waals surface area contributed by atoms with E-state index in [0.717, 1.165) is 18.8 Å². The molecule has 0 aliphatic carbocycles. The van der Waals surface area contributed by atoms with Gasteiger partial charge in [-0.05, 0) is 55.8 Å². The van der Waals surface area contributed by atoms with E-state index >= 15 is 0 Å². The van der Waals surface area contributed by atoms with Crippen LogP contribution < -0.4 is 10.2 Å². The molecular formula is C20H23F3N2O2. The summed E-state index contributed by atoms with van der Waals surface area (Å²) < 4.78 is 40.8. The van der Waals surface area contributed by atoms with Gasteiger partial charge in [-0.15, -0.1) is 0 Å². The zero-order chi connectivity index (χ0) is 19.9. The van der Waals surface area contributed by atoms with Gasteiger partial charge in [0.15, 0.2) is 0 Å². The highest BCUT2D eigenvalue weighted by Crippen LogP contribution is 2.19. The lowest BCUT2D eigenvalue weighted by Crippen LogP contribution is -2.21. The Morgan fingerprint density at radius 2 is 1.59 bits per heavy atom. The van der Waals surface area contributed by atoms with Crippen molar-refractivity contribution in [1.29, 1.82) is 0 Å². The first kappa shape index (κ1) is 20.8. The predicted molar refractivity (Wildman–Crippen MR) is 100 cm³/mol. The summed E-state index contributed by atoms with van der Waals surface area (Å²) >= 11 is 0.